The maximum absolute atomic E-state index is 6.19. The van der Waals surface area contributed by atoms with Gasteiger partial charge in [-0.1, -0.05) is 59.3 Å². The van der Waals surface area contributed by atoms with E-state index in [9.17, 15) is 0 Å². The number of hydrogen-bond donors (Lipinski definition) is 3. The topological polar surface area (TPSA) is 110 Å². The lowest BCUT2D eigenvalue weighted by molar-refractivity contribution is 0.340. The minimum Gasteiger partial charge on any atom is -0.384 e. The number of nitrogen functional groups attached to an aromatic ring is 1. The van der Waals surface area contributed by atoms with Crippen molar-refractivity contribution in [3.63, 3.8) is 0 Å². The summed E-state index contributed by atoms with van der Waals surface area (Å²) in [4.78, 5) is 4.38. The van der Waals surface area contributed by atoms with E-state index in [1.54, 1.807) is 0 Å². The van der Waals surface area contributed by atoms with E-state index in [0.717, 1.165) is 40.2 Å². The summed E-state index contributed by atoms with van der Waals surface area (Å²) in [6, 6.07) is 21.3. The SMILES string of the molecule is Nc1cc(C(CCNC2CCC(c3ccccc3)CC2)c2cnn(Cc3ccc(Cl)cc3)c2)c2nn[nH]c2n1. The maximum atomic E-state index is 6.19. The van der Waals surface area contributed by atoms with Crippen molar-refractivity contribution >= 4 is 28.6 Å². The van der Waals surface area contributed by atoms with Crippen LogP contribution in [0.3, 0.4) is 0 Å². The zero-order valence-corrected chi connectivity index (χ0v) is 22.6. The lowest BCUT2D eigenvalue weighted by Gasteiger charge is -2.30. The fourth-order valence-corrected chi connectivity index (χ4v) is 5.99. The summed E-state index contributed by atoms with van der Waals surface area (Å²) in [5, 5.41) is 20.5. The molecule has 200 valence electrons. The number of hydrogen-bond acceptors (Lipinski definition) is 6. The fraction of sp³-hybridized carbons (Fsp3) is 0.333. The molecule has 39 heavy (non-hydrogen) atoms. The molecular formula is C30H33ClN8. The molecule has 9 heteroatoms. The second kappa shape index (κ2) is 11.6. The van der Waals surface area contributed by atoms with E-state index in [1.807, 2.05) is 41.2 Å². The molecule has 0 saturated heterocycles. The molecule has 1 saturated carbocycles. The molecular weight excluding hydrogens is 508 g/mol. The number of anilines is 1. The van der Waals surface area contributed by atoms with Gasteiger partial charge in [0.15, 0.2) is 5.65 Å². The summed E-state index contributed by atoms with van der Waals surface area (Å²) in [5.41, 5.74) is 12.3. The van der Waals surface area contributed by atoms with Crippen LogP contribution in [-0.4, -0.2) is 42.8 Å². The first-order valence-corrected chi connectivity index (χ1v) is 14.0. The normalized spacial score (nSPS) is 18.4. The average Bonchev–Trinajstić information content (AvgIpc) is 3.63. The summed E-state index contributed by atoms with van der Waals surface area (Å²) in [6.07, 6.45) is 9.79. The Hall–Kier alpha value is -3.75. The van der Waals surface area contributed by atoms with E-state index in [1.165, 1.54) is 31.2 Å². The van der Waals surface area contributed by atoms with Crippen molar-refractivity contribution in [2.24, 2.45) is 0 Å². The highest BCUT2D eigenvalue weighted by molar-refractivity contribution is 6.30. The van der Waals surface area contributed by atoms with E-state index in [-0.39, 0.29) is 5.92 Å². The van der Waals surface area contributed by atoms with Gasteiger partial charge < -0.3 is 11.1 Å². The number of aromatic nitrogens is 6. The molecule has 1 aliphatic carbocycles. The molecule has 1 unspecified atom stereocenters. The standard InChI is InChI=1S/C30H33ClN8/c31-24-10-6-20(7-11-24)18-39-19-23(17-34-39)26(27-16-28(32)35-30-29(27)36-38-37-30)14-15-33-25-12-8-22(9-13-25)21-4-2-1-3-5-21/h1-7,10-11,16-17,19,22,25-26,33H,8-9,12-15,18H2,(H3,32,35,36,37,38). The Morgan fingerprint density at radius 2 is 1.85 bits per heavy atom. The van der Waals surface area contributed by atoms with Crippen molar-refractivity contribution in [3.05, 3.63) is 100 Å². The molecule has 0 aliphatic heterocycles. The van der Waals surface area contributed by atoms with Crippen LogP contribution in [-0.2, 0) is 6.54 Å². The Morgan fingerprint density at radius 3 is 2.64 bits per heavy atom. The van der Waals surface area contributed by atoms with Gasteiger partial charge in [-0.05, 0) is 85.0 Å². The number of benzene rings is 2. The third-order valence-electron chi connectivity index (χ3n) is 7.90. The number of nitrogens with zero attached hydrogens (tertiary/aromatic N) is 5. The predicted molar refractivity (Wildman–Crippen MR) is 155 cm³/mol. The van der Waals surface area contributed by atoms with Gasteiger partial charge in [0.05, 0.1) is 12.7 Å². The number of nitrogens with two attached hydrogens (primary N) is 1. The molecule has 6 rings (SSSR count). The van der Waals surface area contributed by atoms with Crippen molar-refractivity contribution in [2.45, 2.75) is 56.5 Å². The molecule has 0 amide bonds. The third kappa shape index (κ3) is 5.97. The quantitative estimate of drug-likeness (QED) is 0.222. The van der Waals surface area contributed by atoms with Gasteiger partial charge in [-0.25, -0.2) is 10.1 Å². The van der Waals surface area contributed by atoms with Crippen molar-refractivity contribution in [3.8, 4) is 0 Å². The van der Waals surface area contributed by atoms with Gasteiger partial charge in [0.25, 0.3) is 0 Å². The van der Waals surface area contributed by atoms with Crippen LogP contribution < -0.4 is 11.1 Å². The number of nitrogens with one attached hydrogen (secondary N) is 2. The Bertz CT molecular complexity index is 1500. The first kappa shape index (κ1) is 25.5. The monoisotopic (exact) mass is 540 g/mol. The van der Waals surface area contributed by atoms with Crippen LogP contribution in [0.15, 0.2) is 73.1 Å². The van der Waals surface area contributed by atoms with E-state index in [4.69, 9.17) is 17.3 Å². The minimum atomic E-state index is 0.0509. The lowest BCUT2D eigenvalue weighted by Crippen LogP contribution is -2.34. The number of pyridine rings is 1. The Labute approximate surface area is 233 Å². The van der Waals surface area contributed by atoms with E-state index < -0.39 is 0 Å². The Kier molecular flexibility index (Phi) is 7.56. The molecule has 8 nitrogen and oxygen atoms in total. The molecule has 0 bridgehead atoms. The van der Waals surface area contributed by atoms with Crippen molar-refractivity contribution in [1.82, 2.24) is 35.5 Å². The van der Waals surface area contributed by atoms with Gasteiger partial charge in [-0.2, -0.15) is 5.10 Å². The Morgan fingerprint density at radius 1 is 1.05 bits per heavy atom. The number of halogens is 1. The third-order valence-corrected chi connectivity index (χ3v) is 8.15. The highest BCUT2D eigenvalue weighted by Gasteiger charge is 2.24. The van der Waals surface area contributed by atoms with Crippen molar-refractivity contribution < 1.29 is 0 Å². The van der Waals surface area contributed by atoms with Crippen LogP contribution in [0.5, 0.6) is 0 Å². The lowest BCUT2D eigenvalue weighted by atomic mass is 9.81. The second-order valence-corrected chi connectivity index (χ2v) is 10.9. The Balaban J connectivity index is 1.17. The number of fused-ring (bicyclic) bond motifs is 1. The van der Waals surface area contributed by atoms with Crippen molar-refractivity contribution in [1.29, 1.82) is 0 Å². The molecule has 1 fully saturated rings. The van der Waals surface area contributed by atoms with Crippen LogP contribution in [0.25, 0.3) is 11.2 Å². The minimum absolute atomic E-state index is 0.0509. The second-order valence-electron chi connectivity index (χ2n) is 10.5. The van der Waals surface area contributed by atoms with E-state index in [2.05, 4.69) is 67.3 Å². The summed E-state index contributed by atoms with van der Waals surface area (Å²) in [6.45, 7) is 1.56. The molecule has 3 heterocycles. The summed E-state index contributed by atoms with van der Waals surface area (Å²) >= 11 is 6.06. The smallest absolute Gasteiger partial charge is 0.178 e. The summed E-state index contributed by atoms with van der Waals surface area (Å²) in [5.74, 6) is 1.17. The summed E-state index contributed by atoms with van der Waals surface area (Å²) in [7, 11) is 0. The zero-order valence-electron chi connectivity index (χ0n) is 21.8. The van der Waals surface area contributed by atoms with Gasteiger partial charge >= 0.3 is 0 Å². The van der Waals surface area contributed by atoms with E-state index in [0.29, 0.717) is 30.0 Å². The van der Waals surface area contributed by atoms with Crippen LogP contribution in [0, 0.1) is 0 Å². The number of aromatic amines is 1. The van der Waals surface area contributed by atoms with Crippen LogP contribution >= 0.6 is 11.6 Å². The van der Waals surface area contributed by atoms with E-state index >= 15 is 0 Å². The molecule has 5 aromatic rings. The number of rotatable bonds is 9. The van der Waals surface area contributed by atoms with Gasteiger partial charge in [0.2, 0.25) is 0 Å². The molecule has 4 N–H and O–H groups in total. The van der Waals surface area contributed by atoms with Gasteiger partial charge in [-0.15, -0.1) is 5.10 Å². The number of H-pyrrole nitrogens is 1. The predicted octanol–water partition coefficient (Wildman–Crippen LogP) is 5.67. The zero-order chi connectivity index (χ0) is 26.6. The van der Waals surface area contributed by atoms with Crippen LogP contribution in [0.1, 0.15) is 66.2 Å². The molecule has 0 radical (unpaired) electrons. The first-order chi connectivity index (χ1) is 19.1. The summed E-state index contributed by atoms with van der Waals surface area (Å²) < 4.78 is 1.97. The van der Waals surface area contributed by atoms with Gasteiger partial charge in [0, 0.05) is 23.2 Å². The largest absolute Gasteiger partial charge is 0.384 e. The van der Waals surface area contributed by atoms with Gasteiger partial charge in [-0.3, -0.25) is 4.68 Å². The molecule has 0 spiro atoms. The highest BCUT2D eigenvalue weighted by atomic mass is 35.5. The van der Waals surface area contributed by atoms with Gasteiger partial charge in [0.1, 0.15) is 11.3 Å². The fourth-order valence-electron chi connectivity index (χ4n) is 5.86. The molecule has 1 atom stereocenters. The molecule has 3 aromatic heterocycles. The van der Waals surface area contributed by atoms with Crippen LogP contribution in [0.4, 0.5) is 5.82 Å². The molecule has 1 aliphatic rings. The average molecular weight is 541 g/mol. The van der Waals surface area contributed by atoms with Crippen molar-refractivity contribution in [2.75, 3.05) is 12.3 Å². The molecule has 2 aromatic carbocycles. The first-order valence-electron chi connectivity index (χ1n) is 13.6. The van der Waals surface area contributed by atoms with Crippen LogP contribution in [0.2, 0.25) is 5.02 Å². The highest BCUT2D eigenvalue weighted by Crippen LogP contribution is 2.34. The maximum Gasteiger partial charge on any atom is 0.178 e.